The van der Waals surface area contributed by atoms with Crippen molar-refractivity contribution in [1.29, 1.82) is 0 Å². The minimum Gasteiger partial charge on any atom is -0.326 e. The molecule has 0 atom stereocenters. The molecule has 0 aromatic heterocycles. The number of piperidine rings is 1. The summed E-state index contributed by atoms with van der Waals surface area (Å²) < 4.78 is 0. The lowest BCUT2D eigenvalue weighted by atomic mass is 9.81. The van der Waals surface area contributed by atoms with E-state index in [-0.39, 0.29) is 17.2 Å². The van der Waals surface area contributed by atoms with Crippen molar-refractivity contribution in [3.63, 3.8) is 0 Å². The molecule has 1 saturated heterocycles. The molecule has 2 N–H and O–H groups in total. The Hall–Kier alpha value is -1.68. The quantitative estimate of drug-likeness (QED) is 0.810. The number of carbonyl (C=O) groups is 2. The minimum atomic E-state index is -0.234. The van der Waals surface area contributed by atoms with E-state index in [2.05, 4.69) is 0 Å². The lowest BCUT2D eigenvalue weighted by Crippen LogP contribution is -2.46. The Bertz CT molecular complexity index is 457. The van der Waals surface area contributed by atoms with Gasteiger partial charge in [0.2, 0.25) is 11.8 Å². The molecule has 1 aliphatic heterocycles. The zero-order valence-electron chi connectivity index (χ0n) is 10.8. The fraction of sp³-hybridized carbons (Fsp3) is 0.429. The topological polar surface area (TPSA) is 63.4 Å². The van der Waals surface area contributed by atoms with Crippen molar-refractivity contribution in [2.75, 3.05) is 4.90 Å². The second-order valence-corrected chi connectivity index (χ2v) is 5.51. The van der Waals surface area contributed by atoms with Gasteiger partial charge in [-0.25, -0.2) is 0 Å². The first kappa shape index (κ1) is 12.8. The molecule has 1 heterocycles. The van der Waals surface area contributed by atoms with E-state index in [4.69, 9.17) is 5.73 Å². The summed E-state index contributed by atoms with van der Waals surface area (Å²) in [6.45, 7) is 4.34. The Labute approximate surface area is 107 Å². The molecule has 0 unspecified atom stereocenters. The number of anilines is 1. The Morgan fingerprint density at radius 2 is 1.61 bits per heavy atom. The largest absolute Gasteiger partial charge is 0.326 e. The maximum Gasteiger partial charge on any atom is 0.234 e. The number of amides is 2. The van der Waals surface area contributed by atoms with Crippen LogP contribution in [0.5, 0.6) is 0 Å². The second kappa shape index (κ2) is 4.53. The summed E-state index contributed by atoms with van der Waals surface area (Å²) in [4.78, 5) is 25.4. The average Bonchev–Trinajstić information content (AvgIpc) is 2.27. The van der Waals surface area contributed by atoms with E-state index < -0.39 is 0 Å². The van der Waals surface area contributed by atoms with E-state index in [9.17, 15) is 9.59 Å². The van der Waals surface area contributed by atoms with Gasteiger partial charge < -0.3 is 5.73 Å². The average molecular weight is 246 g/mol. The first-order chi connectivity index (χ1) is 8.43. The molecule has 1 aromatic carbocycles. The maximum atomic E-state index is 12.1. The molecule has 0 aliphatic carbocycles. The minimum absolute atomic E-state index is 0.128. The molecule has 0 spiro atoms. The van der Waals surface area contributed by atoms with Gasteiger partial charge in [0.15, 0.2) is 0 Å². The highest BCUT2D eigenvalue weighted by Crippen LogP contribution is 2.33. The molecule has 4 nitrogen and oxygen atoms in total. The number of nitrogens with two attached hydrogens (primary N) is 1. The van der Waals surface area contributed by atoms with E-state index in [1.807, 2.05) is 26.0 Å². The highest BCUT2D eigenvalue weighted by molar-refractivity contribution is 6.16. The number of hydrogen-bond acceptors (Lipinski definition) is 3. The molecule has 2 rings (SSSR count). The summed E-state index contributed by atoms with van der Waals surface area (Å²) in [5, 5.41) is 0. The SMILES string of the molecule is CC1(C)CC(=O)N(c2ccc(CN)cc2)C(=O)C1. The Morgan fingerprint density at radius 3 is 2.06 bits per heavy atom. The van der Waals surface area contributed by atoms with Gasteiger partial charge in [0, 0.05) is 19.4 Å². The van der Waals surface area contributed by atoms with Gasteiger partial charge >= 0.3 is 0 Å². The first-order valence-electron chi connectivity index (χ1n) is 6.08. The Kier molecular flexibility index (Phi) is 3.22. The van der Waals surface area contributed by atoms with E-state index >= 15 is 0 Å². The van der Waals surface area contributed by atoms with Gasteiger partial charge in [-0.15, -0.1) is 0 Å². The predicted octanol–water partition coefficient (Wildman–Crippen LogP) is 1.82. The summed E-state index contributed by atoms with van der Waals surface area (Å²) in [6, 6.07) is 7.23. The van der Waals surface area contributed by atoms with E-state index in [0.29, 0.717) is 25.1 Å². The first-order valence-corrected chi connectivity index (χ1v) is 6.08. The Morgan fingerprint density at radius 1 is 1.11 bits per heavy atom. The molecular formula is C14H18N2O2. The fourth-order valence-corrected chi connectivity index (χ4v) is 2.25. The molecule has 96 valence electrons. The van der Waals surface area contributed by atoms with Gasteiger partial charge in [0.1, 0.15) is 0 Å². The number of imide groups is 1. The molecule has 0 saturated carbocycles. The van der Waals surface area contributed by atoms with Crippen LogP contribution in [0.3, 0.4) is 0 Å². The van der Waals surface area contributed by atoms with Crippen LogP contribution in [0.25, 0.3) is 0 Å². The van der Waals surface area contributed by atoms with Gasteiger partial charge in [-0.1, -0.05) is 26.0 Å². The highest BCUT2D eigenvalue weighted by atomic mass is 16.2. The van der Waals surface area contributed by atoms with E-state index in [1.54, 1.807) is 12.1 Å². The molecule has 4 heteroatoms. The molecular weight excluding hydrogens is 228 g/mol. The molecule has 18 heavy (non-hydrogen) atoms. The molecule has 1 aliphatic rings. The van der Waals surface area contributed by atoms with E-state index in [0.717, 1.165) is 5.56 Å². The zero-order chi connectivity index (χ0) is 13.3. The van der Waals surface area contributed by atoms with Crippen LogP contribution in [-0.2, 0) is 16.1 Å². The number of benzene rings is 1. The number of nitrogens with zero attached hydrogens (tertiary/aromatic N) is 1. The summed E-state index contributed by atoms with van der Waals surface area (Å²) in [6.07, 6.45) is 0.800. The fourth-order valence-electron chi connectivity index (χ4n) is 2.25. The van der Waals surface area contributed by atoms with Gasteiger partial charge in [0.25, 0.3) is 0 Å². The van der Waals surface area contributed by atoms with Crippen molar-refractivity contribution < 1.29 is 9.59 Å². The van der Waals surface area contributed by atoms with Crippen molar-refractivity contribution >= 4 is 17.5 Å². The predicted molar refractivity (Wildman–Crippen MR) is 69.8 cm³/mol. The van der Waals surface area contributed by atoms with Crippen LogP contribution in [0.1, 0.15) is 32.3 Å². The van der Waals surface area contributed by atoms with Crippen LogP contribution in [0.15, 0.2) is 24.3 Å². The van der Waals surface area contributed by atoms with Crippen molar-refractivity contribution in [2.24, 2.45) is 11.1 Å². The monoisotopic (exact) mass is 246 g/mol. The zero-order valence-corrected chi connectivity index (χ0v) is 10.8. The van der Waals surface area contributed by atoms with Crippen LogP contribution in [0, 0.1) is 5.41 Å². The van der Waals surface area contributed by atoms with Crippen LogP contribution in [0.2, 0.25) is 0 Å². The Balaban J connectivity index is 2.27. The third-order valence-corrected chi connectivity index (χ3v) is 3.19. The van der Waals surface area contributed by atoms with Gasteiger partial charge in [-0.2, -0.15) is 0 Å². The van der Waals surface area contributed by atoms with Gasteiger partial charge in [0.05, 0.1) is 5.69 Å². The van der Waals surface area contributed by atoms with E-state index in [1.165, 1.54) is 4.90 Å². The van der Waals surface area contributed by atoms with Crippen molar-refractivity contribution in [2.45, 2.75) is 33.2 Å². The summed E-state index contributed by atoms with van der Waals surface area (Å²) >= 11 is 0. The lowest BCUT2D eigenvalue weighted by molar-refractivity contribution is -0.132. The third kappa shape index (κ3) is 2.43. The van der Waals surface area contributed by atoms with Crippen LogP contribution < -0.4 is 10.6 Å². The highest BCUT2D eigenvalue weighted by Gasteiger charge is 2.37. The molecule has 0 bridgehead atoms. The van der Waals surface area contributed by atoms with Crippen LogP contribution in [0.4, 0.5) is 5.69 Å². The normalized spacial score (nSPS) is 19.2. The molecule has 1 fully saturated rings. The number of hydrogen-bond donors (Lipinski definition) is 1. The van der Waals surface area contributed by atoms with Crippen molar-refractivity contribution in [3.05, 3.63) is 29.8 Å². The van der Waals surface area contributed by atoms with Crippen LogP contribution in [-0.4, -0.2) is 11.8 Å². The van der Waals surface area contributed by atoms with Gasteiger partial charge in [-0.3, -0.25) is 14.5 Å². The lowest BCUT2D eigenvalue weighted by Gasteiger charge is -2.34. The molecule has 2 amide bonds. The van der Waals surface area contributed by atoms with Gasteiger partial charge in [-0.05, 0) is 23.1 Å². The third-order valence-electron chi connectivity index (χ3n) is 3.19. The smallest absolute Gasteiger partial charge is 0.234 e. The van der Waals surface area contributed by atoms with Crippen molar-refractivity contribution in [3.8, 4) is 0 Å². The molecule has 1 aromatic rings. The molecule has 0 radical (unpaired) electrons. The standard InChI is InChI=1S/C14H18N2O2/c1-14(2)7-12(17)16(13(18)8-14)11-5-3-10(9-15)4-6-11/h3-6H,7-9,15H2,1-2H3. The summed E-state index contributed by atoms with van der Waals surface area (Å²) in [7, 11) is 0. The second-order valence-electron chi connectivity index (χ2n) is 5.51. The number of carbonyl (C=O) groups excluding carboxylic acids is 2. The summed E-state index contributed by atoms with van der Waals surface area (Å²) in [5.74, 6) is -0.256. The van der Waals surface area contributed by atoms with Crippen molar-refractivity contribution in [1.82, 2.24) is 0 Å². The maximum absolute atomic E-state index is 12.1. The summed E-state index contributed by atoms with van der Waals surface area (Å²) in [5.41, 5.74) is 6.91. The number of rotatable bonds is 2. The van der Waals surface area contributed by atoms with Crippen LogP contribution >= 0.6 is 0 Å².